The minimum atomic E-state index is -2.01. The first kappa shape index (κ1) is 21.3. The molecule has 6 rings (SSSR count). The number of carbonyl (C=O) groups is 1. The Morgan fingerprint density at radius 2 is 1.19 bits per heavy atom. The van der Waals surface area contributed by atoms with E-state index in [4.69, 9.17) is 22.4 Å². The summed E-state index contributed by atoms with van der Waals surface area (Å²) in [5.41, 5.74) is -0.678. The summed E-state index contributed by atoms with van der Waals surface area (Å²) in [5, 5.41) is 16.7. The lowest BCUT2D eigenvalue weighted by Gasteiger charge is -2.24. The Kier molecular flexibility index (Phi) is 5.23. The van der Waals surface area contributed by atoms with Gasteiger partial charge >= 0.3 is 11.6 Å². The van der Waals surface area contributed by atoms with Crippen LogP contribution in [0.25, 0.3) is 22.9 Å². The van der Waals surface area contributed by atoms with E-state index in [9.17, 15) is 4.79 Å². The van der Waals surface area contributed by atoms with Gasteiger partial charge in [-0.1, -0.05) is 36.4 Å². The van der Waals surface area contributed by atoms with Crippen LogP contribution in [-0.2, 0) is 10.3 Å². The number of ether oxygens (including phenoxy) is 1. The number of hydrogen-bond acceptors (Lipinski definition) is 10. The van der Waals surface area contributed by atoms with E-state index in [1.54, 1.807) is 42.5 Å². The van der Waals surface area contributed by atoms with Crippen LogP contribution in [-0.4, -0.2) is 26.4 Å². The molecule has 0 aliphatic rings. The average Bonchev–Trinajstić information content (AvgIpc) is 3.75. The topological polar surface area (TPSA) is 130 Å². The molecule has 176 valence electrons. The summed E-state index contributed by atoms with van der Waals surface area (Å²) in [6.45, 7) is 0. The second kappa shape index (κ2) is 8.84. The van der Waals surface area contributed by atoms with Gasteiger partial charge in [0.25, 0.3) is 11.8 Å². The smallest absolute Gasteiger partial charge is 0.376 e. The molecule has 0 spiro atoms. The molecule has 36 heavy (non-hydrogen) atoms. The van der Waals surface area contributed by atoms with E-state index in [-0.39, 0.29) is 35.1 Å². The summed E-state index contributed by atoms with van der Waals surface area (Å²) in [4.78, 5) is 13.2. The van der Waals surface area contributed by atoms with Gasteiger partial charge in [0.1, 0.15) is 0 Å². The van der Waals surface area contributed by atoms with E-state index in [0.29, 0.717) is 11.1 Å². The minimum absolute atomic E-state index is 0.0588. The maximum Gasteiger partial charge on any atom is 0.376 e. The van der Waals surface area contributed by atoms with E-state index in [2.05, 4.69) is 20.4 Å². The lowest BCUT2D eigenvalue weighted by Crippen LogP contribution is -2.36. The van der Waals surface area contributed by atoms with Gasteiger partial charge in [-0.15, -0.1) is 20.4 Å². The molecule has 0 atom stereocenters. The van der Waals surface area contributed by atoms with Gasteiger partial charge in [0.05, 0.1) is 12.5 Å². The van der Waals surface area contributed by atoms with Crippen molar-refractivity contribution in [3.8, 4) is 22.9 Å². The van der Waals surface area contributed by atoms with Crippen LogP contribution in [0.2, 0.25) is 0 Å². The number of esters is 1. The Morgan fingerprint density at radius 1 is 0.639 bits per heavy atom. The van der Waals surface area contributed by atoms with Crippen molar-refractivity contribution in [2.24, 2.45) is 0 Å². The van der Waals surface area contributed by atoms with Crippen molar-refractivity contribution >= 4 is 5.97 Å². The molecule has 2 aromatic carbocycles. The van der Waals surface area contributed by atoms with Gasteiger partial charge in [0.2, 0.25) is 17.5 Å². The molecule has 0 unspecified atom stereocenters. The molecule has 0 N–H and O–H groups in total. The lowest BCUT2D eigenvalue weighted by molar-refractivity contribution is -0.0177. The van der Waals surface area contributed by atoms with Crippen molar-refractivity contribution < 1.29 is 27.2 Å². The van der Waals surface area contributed by atoms with Crippen LogP contribution in [0.1, 0.15) is 28.1 Å². The summed E-state index contributed by atoms with van der Waals surface area (Å²) in [6.07, 6.45) is 2.76. The zero-order valence-corrected chi connectivity index (χ0v) is 18.5. The summed E-state index contributed by atoms with van der Waals surface area (Å²) in [6, 6.07) is 24.5. The predicted molar refractivity (Wildman–Crippen MR) is 122 cm³/mol. The highest BCUT2D eigenvalue weighted by molar-refractivity contribution is 5.87. The second-order valence-electron chi connectivity index (χ2n) is 7.58. The maximum atomic E-state index is 13.2. The van der Waals surface area contributed by atoms with Crippen LogP contribution in [0.4, 0.5) is 0 Å². The Bertz CT molecular complexity index is 1490. The molecule has 0 bridgehead atoms. The number of furan rings is 2. The molecule has 0 radical (unpaired) electrons. The van der Waals surface area contributed by atoms with Gasteiger partial charge in [-0.3, -0.25) is 0 Å². The monoisotopic (exact) mass is 480 g/mol. The Morgan fingerprint density at radius 3 is 1.69 bits per heavy atom. The van der Waals surface area contributed by atoms with Crippen LogP contribution >= 0.6 is 0 Å². The quantitative estimate of drug-likeness (QED) is 0.284. The van der Waals surface area contributed by atoms with Gasteiger partial charge in [0.15, 0.2) is 5.76 Å². The third-order valence-electron chi connectivity index (χ3n) is 5.33. The lowest BCUT2D eigenvalue weighted by atomic mass is 10.00. The molecule has 0 saturated heterocycles. The first-order valence-corrected chi connectivity index (χ1v) is 10.8. The van der Waals surface area contributed by atoms with Crippen LogP contribution in [0.5, 0.6) is 0 Å². The highest BCUT2D eigenvalue weighted by Crippen LogP contribution is 2.41. The third-order valence-corrected chi connectivity index (χ3v) is 5.33. The summed E-state index contributed by atoms with van der Waals surface area (Å²) in [5.74, 6) is -0.712. The van der Waals surface area contributed by atoms with Crippen molar-refractivity contribution in [2.75, 3.05) is 0 Å². The Labute approximate surface area is 203 Å². The van der Waals surface area contributed by atoms with E-state index in [1.165, 1.54) is 18.6 Å². The normalized spacial score (nSPS) is 11.4. The largest absolute Gasteiger partial charge is 0.464 e. The average molecular weight is 480 g/mol. The van der Waals surface area contributed by atoms with Crippen molar-refractivity contribution in [3.63, 3.8) is 0 Å². The molecule has 0 aliphatic carbocycles. The van der Waals surface area contributed by atoms with Crippen LogP contribution < -0.4 is 0 Å². The Balaban J connectivity index is 1.54. The second-order valence-corrected chi connectivity index (χ2v) is 7.58. The first-order chi connectivity index (χ1) is 17.7. The fraction of sp³-hybridized carbons (Fsp3) is 0.0385. The fourth-order valence-electron chi connectivity index (χ4n) is 3.63. The third kappa shape index (κ3) is 3.66. The number of hydrogen-bond donors (Lipinski definition) is 0. The van der Waals surface area contributed by atoms with E-state index < -0.39 is 11.6 Å². The molecule has 0 saturated carbocycles. The van der Waals surface area contributed by atoms with Gasteiger partial charge < -0.3 is 22.4 Å². The Hall–Kier alpha value is -5.25. The van der Waals surface area contributed by atoms with Crippen molar-refractivity contribution in [1.29, 1.82) is 0 Å². The molecule has 0 amide bonds. The van der Waals surface area contributed by atoms with Crippen LogP contribution in [0, 0.1) is 0 Å². The molecule has 0 aliphatic heterocycles. The maximum absolute atomic E-state index is 13.2. The minimum Gasteiger partial charge on any atom is -0.464 e. The van der Waals surface area contributed by atoms with E-state index >= 15 is 0 Å². The van der Waals surface area contributed by atoms with Crippen LogP contribution in [0.15, 0.2) is 115 Å². The SMILES string of the molecule is O=C(OC(c1ccco1)(c1nnc(-c2ccccc2)o1)c1nnc(-c2ccccc2)o1)c1ccco1. The number of carbonyl (C=O) groups excluding carboxylic acids is 1. The van der Waals surface area contributed by atoms with Crippen molar-refractivity contribution in [3.05, 3.63) is 121 Å². The molecule has 4 aromatic heterocycles. The van der Waals surface area contributed by atoms with Crippen molar-refractivity contribution in [1.82, 2.24) is 20.4 Å². The van der Waals surface area contributed by atoms with Gasteiger partial charge in [-0.05, 0) is 48.5 Å². The number of rotatable bonds is 7. The molecular formula is C26H16N4O6. The molecule has 10 nitrogen and oxygen atoms in total. The molecule has 6 aromatic rings. The fourth-order valence-corrected chi connectivity index (χ4v) is 3.63. The first-order valence-electron chi connectivity index (χ1n) is 10.8. The van der Waals surface area contributed by atoms with E-state index in [0.717, 1.165) is 0 Å². The molecule has 10 heteroatoms. The van der Waals surface area contributed by atoms with E-state index in [1.807, 2.05) is 36.4 Å². The highest BCUT2D eigenvalue weighted by Gasteiger charge is 2.54. The zero-order chi connectivity index (χ0) is 24.4. The van der Waals surface area contributed by atoms with Gasteiger partial charge in [-0.2, -0.15) is 0 Å². The molecule has 4 heterocycles. The van der Waals surface area contributed by atoms with Crippen molar-refractivity contribution in [2.45, 2.75) is 5.60 Å². The highest BCUT2D eigenvalue weighted by atomic mass is 16.6. The number of benzene rings is 2. The molecular weight excluding hydrogens is 464 g/mol. The van der Waals surface area contributed by atoms with Gasteiger partial charge in [0, 0.05) is 11.1 Å². The van der Waals surface area contributed by atoms with Crippen LogP contribution in [0.3, 0.4) is 0 Å². The van der Waals surface area contributed by atoms with Gasteiger partial charge in [-0.25, -0.2) is 4.79 Å². The summed E-state index contributed by atoms with van der Waals surface area (Å²) < 4.78 is 29.0. The number of nitrogens with zero attached hydrogens (tertiary/aromatic N) is 4. The number of aromatic nitrogens is 4. The predicted octanol–water partition coefficient (Wildman–Crippen LogP) is 5.12. The summed E-state index contributed by atoms with van der Waals surface area (Å²) in [7, 11) is 0. The molecule has 0 fully saturated rings. The zero-order valence-electron chi connectivity index (χ0n) is 18.5. The standard InChI is InChI=1S/C26H16N4O6/c31-23(19-13-7-15-32-19)36-26(20-14-8-16-33-20,24-29-27-21(34-24)17-9-3-1-4-10-17)25-30-28-22(35-25)18-11-5-2-6-12-18/h1-16H. The summed E-state index contributed by atoms with van der Waals surface area (Å²) >= 11 is 0.